The lowest BCUT2D eigenvalue weighted by molar-refractivity contribution is -0.137. The van der Waals surface area contributed by atoms with Gasteiger partial charge in [-0.25, -0.2) is 0 Å². The van der Waals surface area contributed by atoms with Gasteiger partial charge in [-0.1, -0.05) is 110 Å². The van der Waals surface area contributed by atoms with Crippen molar-refractivity contribution >= 4 is 17.9 Å². The number of nitrogens with two attached hydrogens (primary N) is 1. The Morgan fingerprint density at radius 1 is 0.688 bits per heavy atom. The van der Waals surface area contributed by atoms with Gasteiger partial charge in [-0.3, -0.25) is 15.0 Å². The van der Waals surface area contributed by atoms with Crippen molar-refractivity contribution in [2.24, 2.45) is 5.73 Å². The first kappa shape index (κ1) is 34.8. The zero-order valence-corrected chi connectivity index (χ0v) is 21.2. The Labute approximate surface area is 197 Å². The molecule has 32 heavy (non-hydrogen) atoms. The van der Waals surface area contributed by atoms with Crippen molar-refractivity contribution in [1.29, 1.82) is 5.41 Å². The van der Waals surface area contributed by atoms with Gasteiger partial charge < -0.3 is 21.3 Å². The van der Waals surface area contributed by atoms with Crippen molar-refractivity contribution in [1.82, 2.24) is 5.32 Å². The highest BCUT2D eigenvalue weighted by molar-refractivity contribution is 5.74. The Balaban J connectivity index is -0.000000575. The maximum atomic E-state index is 10.3. The molecule has 0 spiro atoms. The molecule has 0 aliphatic heterocycles. The lowest BCUT2D eigenvalue weighted by atomic mass is 10.0. The van der Waals surface area contributed by atoms with Gasteiger partial charge in [0, 0.05) is 19.9 Å². The number of rotatable bonds is 19. The van der Waals surface area contributed by atoms with E-state index in [-0.39, 0.29) is 5.96 Å². The van der Waals surface area contributed by atoms with E-state index in [1.165, 1.54) is 83.5 Å². The predicted molar refractivity (Wildman–Crippen MR) is 135 cm³/mol. The molecule has 6 N–H and O–H groups in total. The highest BCUT2D eigenvalue weighted by Gasteiger charge is 1.97. The standard InChI is InChI=1S/C18H36O2.C5H13N3.C2H4O2/c1-2-3-4-5-6-7-8-9-10-11-12-13-14-15-16-17-18(19)20;1-2-3-4-8-5(6)7;1-2(3)4/h2-17H2,1H3,(H,19,20);2-4H2,1H3,(H4,6,7,8);1H3,(H,3,4). The molecular formula is C25H53N3O4. The summed E-state index contributed by atoms with van der Waals surface area (Å²) in [5, 5.41) is 25.4. The van der Waals surface area contributed by atoms with E-state index in [0.29, 0.717) is 6.42 Å². The zero-order valence-electron chi connectivity index (χ0n) is 21.2. The second-order valence-electron chi connectivity index (χ2n) is 8.31. The van der Waals surface area contributed by atoms with E-state index < -0.39 is 11.9 Å². The molecule has 0 bridgehead atoms. The van der Waals surface area contributed by atoms with Crippen LogP contribution in [0, 0.1) is 5.41 Å². The topological polar surface area (TPSA) is 136 Å². The molecule has 0 fully saturated rings. The molecule has 7 nitrogen and oxygen atoms in total. The molecule has 0 radical (unpaired) electrons. The van der Waals surface area contributed by atoms with Gasteiger partial charge in [0.15, 0.2) is 5.96 Å². The third-order valence-electron chi connectivity index (χ3n) is 4.84. The van der Waals surface area contributed by atoms with Crippen LogP contribution < -0.4 is 11.1 Å². The van der Waals surface area contributed by atoms with Gasteiger partial charge in [0.2, 0.25) is 0 Å². The van der Waals surface area contributed by atoms with Crippen molar-refractivity contribution < 1.29 is 19.8 Å². The fraction of sp³-hybridized carbons (Fsp3) is 0.880. The summed E-state index contributed by atoms with van der Waals surface area (Å²) in [5.74, 6) is -1.42. The largest absolute Gasteiger partial charge is 0.481 e. The number of unbranched alkanes of at least 4 members (excludes halogenated alkanes) is 15. The Bertz CT molecular complexity index is 414. The van der Waals surface area contributed by atoms with Gasteiger partial charge >= 0.3 is 5.97 Å². The number of hydrogen-bond donors (Lipinski definition) is 5. The lowest BCUT2D eigenvalue weighted by Gasteiger charge is -2.03. The summed E-state index contributed by atoms with van der Waals surface area (Å²) >= 11 is 0. The minimum atomic E-state index is -0.833. The number of carboxylic acid groups (broad SMARTS) is 2. The number of guanidine groups is 1. The lowest BCUT2D eigenvalue weighted by Crippen LogP contribution is -2.30. The van der Waals surface area contributed by atoms with E-state index in [0.717, 1.165) is 39.2 Å². The van der Waals surface area contributed by atoms with E-state index in [4.69, 9.17) is 26.2 Å². The summed E-state index contributed by atoms with van der Waals surface area (Å²) in [6, 6.07) is 0. The van der Waals surface area contributed by atoms with Crippen molar-refractivity contribution in [3.63, 3.8) is 0 Å². The quantitative estimate of drug-likeness (QED) is 0.0828. The molecule has 0 aromatic rings. The SMILES string of the molecule is CC(=O)O.CCCCCCCCCCCCCCCCCC(=O)O.CCCCNC(=N)N. The van der Waals surface area contributed by atoms with Crippen molar-refractivity contribution in [3.8, 4) is 0 Å². The average Bonchev–Trinajstić information content (AvgIpc) is 2.71. The second-order valence-corrected chi connectivity index (χ2v) is 8.31. The molecule has 0 saturated carbocycles. The smallest absolute Gasteiger partial charge is 0.303 e. The number of hydrogen-bond acceptors (Lipinski definition) is 3. The fourth-order valence-electron chi connectivity index (χ4n) is 3.05. The van der Waals surface area contributed by atoms with E-state index >= 15 is 0 Å². The molecule has 0 unspecified atom stereocenters. The maximum Gasteiger partial charge on any atom is 0.303 e. The number of carboxylic acids is 2. The summed E-state index contributed by atoms with van der Waals surface area (Å²) in [6.45, 7) is 6.28. The third-order valence-corrected chi connectivity index (χ3v) is 4.84. The highest BCUT2D eigenvalue weighted by Crippen LogP contribution is 2.13. The monoisotopic (exact) mass is 459 g/mol. The molecule has 0 aromatic heterocycles. The Kier molecular flexibility index (Phi) is 34.2. The number of carbonyl (C=O) groups is 2. The molecule has 0 aliphatic carbocycles. The maximum absolute atomic E-state index is 10.3. The Morgan fingerprint density at radius 2 is 1.00 bits per heavy atom. The van der Waals surface area contributed by atoms with Crippen LogP contribution >= 0.6 is 0 Å². The van der Waals surface area contributed by atoms with E-state index in [2.05, 4.69) is 19.2 Å². The number of aliphatic carboxylic acids is 2. The van der Waals surface area contributed by atoms with Crippen LogP contribution in [0.25, 0.3) is 0 Å². The fourth-order valence-corrected chi connectivity index (χ4v) is 3.05. The van der Waals surface area contributed by atoms with Gasteiger partial charge in [0.25, 0.3) is 5.97 Å². The minimum Gasteiger partial charge on any atom is -0.481 e. The van der Waals surface area contributed by atoms with Crippen molar-refractivity contribution in [3.05, 3.63) is 0 Å². The summed E-state index contributed by atoms with van der Waals surface area (Å²) in [7, 11) is 0. The van der Waals surface area contributed by atoms with Crippen LogP contribution in [0.15, 0.2) is 0 Å². The predicted octanol–water partition coefficient (Wildman–Crippen LogP) is 6.69. The van der Waals surface area contributed by atoms with E-state index in [9.17, 15) is 4.79 Å². The van der Waals surface area contributed by atoms with Crippen LogP contribution in [0.1, 0.15) is 136 Å². The Hall–Kier alpha value is -1.79. The highest BCUT2D eigenvalue weighted by atomic mass is 16.4. The van der Waals surface area contributed by atoms with E-state index in [1.54, 1.807) is 0 Å². The first-order valence-corrected chi connectivity index (χ1v) is 12.8. The van der Waals surface area contributed by atoms with Gasteiger partial charge in [0.1, 0.15) is 0 Å². The van der Waals surface area contributed by atoms with E-state index in [1.807, 2.05) is 0 Å². The van der Waals surface area contributed by atoms with Gasteiger partial charge in [-0.15, -0.1) is 0 Å². The zero-order chi connectivity index (χ0) is 24.9. The summed E-state index contributed by atoms with van der Waals surface area (Å²) in [5.41, 5.74) is 5.01. The molecule has 0 saturated heterocycles. The van der Waals surface area contributed by atoms with Crippen molar-refractivity contribution in [2.45, 2.75) is 136 Å². The molecule has 0 aliphatic rings. The second kappa shape index (κ2) is 31.4. The van der Waals surface area contributed by atoms with Gasteiger partial charge in [0.05, 0.1) is 0 Å². The third kappa shape index (κ3) is 51.1. The van der Waals surface area contributed by atoms with Crippen LogP contribution in [0.5, 0.6) is 0 Å². The van der Waals surface area contributed by atoms with Crippen LogP contribution in [0.4, 0.5) is 0 Å². The number of nitrogens with one attached hydrogen (secondary N) is 2. The van der Waals surface area contributed by atoms with Crippen LogP contribution in [0.2, 0.25) is 0 Å². The van der Waals surface area contributed by atoms with Crippen LogP contribution in [-0.4, -0.2) is 34.7 Å². The summed E-state index contributed by atoms with van der Waals surface area (Å²) in [6.07, 6.45) is 22.4. The minimum absolute atomic E-state index is 0.0680. The Morgan fingerprint density at radius 3 is 1.28 bits per heavy atom. The molecule has 0 heterocycles. The van der Waals surface area contributed by atoms with Gasteiger partial charge in [-0.05, 0) is 12.8 Å². The van der Waals surface area contributed by atoms with Crippen LogP contribution in [-0.2, 0) is 9.59 Å². The average molecular weight is 460 g/mol. The molecule has 0 aromatic carbocycles. The molecular weight excluding hydrogens is 406 g/mol. The summed E-state index contributed by atoms with van der Waals surface area (Å²) < 4.78 is 0. The van der Waals surface area contributed by atoms with Crippen molar-refractivity contribution in [2.75, 3.05) is 6.54 Å². The molecule has 192 valence electrons. The van der Waals surface area contributed by atoms with Crippen LogP contribution in [0.3, 0.4) is 0 Å². The molecule has 0 rings (SSSR count). The van der Waals surface area contributed by atoms with Gasteiger partial charge in [-0.2, -0.15) is 0 Å². The first-order chi connectivity index (χ1) is 15.3. The molecule has 7 heteroatoms. The normalized spacial score (nSPS) is 9.72. The molecule has 0 atom stereocenters. The summed E-state index contributed by atoms with van der Waals surface area (Å²) in [4.78, 5) is 19.3. The molecule has 0 amide bonds. The first-order valence-electron chi connectivity index (χ1n) is 12.8.